The lowest BCUT2D eigenvalue weighted by atomic mass is 9.73. The normalized spacial score (nSPS) is 26.7. The maximum Gasteiger partial charge on any atom is 0.415 e. The molecule has 3 atom stereocenters. The number of hydrogen-bond acceptors (Lipinski definition) is 10. The lowest BCUT2D eigenvalue weighted by molar-refractivity contribution is -0.0893. The first-order chi connectivity index (χ1) is 20.6. The molecule has 4 aliphatic heterocycles. The number of likely N-dealkylation sites (N-methyl/N-ethyl adjacent to an activating group) is 1. The van der Waals surface area contributed by atoms with Crippen LogP contribution in [0.2, 0.25) is 0 Å². The van der Waals surface area contributed by atoms with E-state index in [9.17, 15) is 4.79 Å². The van der Waals surface area contributed by atoms with E-state index in [1.807, 2.05) is 31.3 Å². The molecule has 3 fully saturated rings. The van der Waals surface area contributed by atoms with Crippen molar-refractivity contribution in [1.82, 2.24) is 19.9 Å². The van der Waals surface area contributed by atoms with E-state index in [1.165, 1.54) is 5.69 Å². The number of fused-ring (bicyclic) bond motifs is 3. The van der Waals surface area contributed by atoms with Gasteiger partial charge in [-0.25, -0.2) is 14.8 Å². The molecule has 2 aromatic heterocycles. The summed E-state index contributed by atoms with van der Waals surface area (Å²) in [5.74, 6) is 2.63. The molecule has 226 valence electrons. The fraction of sp³-hybridized carbons (Fsp3) is 0.500. The minimum atomic E-state index is -0.372. The van der Waals surface area contributed by atoms with Gasteiger partial charge in [0.15, 0.2) is 0 Å². The number of cyclic esters (lactones) is 1. The van der Waals surface area contributed by atoms with Crippen molar-refractivity contribution in [3.8, 4) is 0 Å². The predicted octanol–water partition coefficient (Wildman–Crippen LogP) is 4.69. The highest BCUT2D eigenvalue weighted by Gasteiger charge is 2.55. The third kappa shape index (κ3) is 4.94. The van der Waals surface area contributed by atoms with E-state index in [-0.39, 0.29) is 29.2 Å². The molecule has 0 unspecified atom stereocenters. The molecule has 11 heteroatoms. The van der Waals surface area contributed by atoms with Crippen LogP contribution in [0.4, 0.5) is 39.6 Å². The molecule has 1 amide bonds. The van der Waals surface area contributed by atoms with Gasteiger partial charge in [0.05, 0.1) is 24.3 Å². The van der Waals surface area contributed by atoms with Gasteiger partial charge in [-0.15, -0.1) is 0 Å². The molecule has 3 aromatic rings. The number of nitrogens with one attached hydrogen (secondary N) is 1. The zero-order valence-electron chi connectivity index (χ0n) is 25.6. The summed E-state index contributed by atoms with van der Waals surface area (Å²) in [6, 6.07) is 14.2. The van der Waals surface area contributed by atoms with Crippen molar-refractivity contribution >= 4 is 40.9 Å². The second kappa shape index (κ2) is 10.3. The zero-order valence-corrected chi connectivity index (χ0v) is 25.6. The van der Waals surface area contributed by atoms with Crippen molar-refractivity contribution in [1.29, 1.82) is 0 Å². The highest BCUT2D eigenvalue weighted by atomic mass is 16.6. The van der Waals surface area contributed by atoms with Gasteiger partial charge in [-0.2, -0.15) is 4.98 Å². The van der Waals surface area contributed by atoms with Gasteiger partial charge < -0.3 is 29.5 Å². The van der Waals surface area contributed by atoms with E-state index in [1.54, 1.807) is 4.90 Å². The molecule has 7 rings (SSSR count). The summed E-state index contributed by atoms with van der Waals surface area (Å²) in [6.07, 6.45) is 2.34. The standard InChI is InChI=1S/C32H40N8O3/c1-21-19-42-30(41)39(21)26-7-6-8-27(35-26)40-25-17-31(2,3)43-20-32(25,4)24-18-33-29(36-28(24)40)34-22-9-11-23(12-10-22)38-15-13-37(5)14-16-38/h6-12,18,21,25H,13-17,19-20H2,1-5H3,(H,33,34,36)/t21-,25+,32+/m0/s1. The van der Waals surface area contributed by atoms with E-state index in [4.69, 9.17) is 24.4 Å². The van der Waals surface area contributed by atoms with Crippen molar-refractivity contribution in [3.63, 3.8) is 0 Å². The third-order valence-corrected chi connectivity index (χ3v) is 9.40. The van der Waals surface area contributed by atoms with Crippen LogP contribution in [0.5, 0.6) is 0 Å². The minimum absolute atomic E-state index is 0.0457. The number of ether oxygens (including phenoxy) is 2. The maximum absolute atomic E-state index is 12.5. The second-order valence-corrected chi connectivity index (χ2v) is 13.1. The van der Waals surface area contributed by atoms with Crippen LogP contribution in [0.25, 0.3) is 0 Å². The summed E-state index contributed by atoms with van der Waals surface area (Å²) in [7, 11) is 2.17. The van der Waals surface area contributed by atoms with Gasteiger partial charge in [-0.05, 0) is 70.6 Å². The fourth-order valence-corrected chi connectivity index (χ4v) is 6.73. The topological polar surface area (TPSA) is 99.2 Å². The molecular formula is C32H40N8O3. The van der Waals surface area contributed by atoms with Crippen molar-refractivity contribution in [3.05, 3.63) is 54.2 Å². The molecule has 11 nitrogen and oxygen atoms in total. The Morgan fingerprint density at radius 2 is 1.67 bits per heavy atom. The summed E-state index contributed by atoms with van der Waals surface area (Å²) in [5, 5.41) is 3.42. The molecule has 4 aliphatic rings. The monoisotopic (exact) mass is 584 g/mol. The Balaban J connectivity index is 1.22. The van der Waals surface area contributed by atoms with Gasteiger partial charge in [0, 0.05) is 54.7 Å². The van der Waals surface area contributed by atoms with Gasteiger partial charge >= 0.3 is 6.09 Å². The van der Waals surface area contributed by atoms with E-state index in [0.717, 1.165) is 55.5 Å². The molecule has 0 aliphatic carbocycles. The first-order valence-corrected chi connectivity index (χ1v) is 15.2. The predicted molar refractivity (Wildman–Crippen MR) is 167 cm³/mol. The summed E-state index contributed by atoms with van der Waals surface area (Å²) in [6.45, 7) is 13.5. The van der Waals surface area contributed by atoms with Gasteiger partial charge in [0.2, 0.25) is 5.95 Å². The van der Waals surface area contributed by atoms with Gasteiger partial charge in [0.25, 0.3) is 0 Å². The quantitative estimate of drug-likeness (QED) is 0.455. The molecular weight excluding hydrogens is 544 g/mol. The molecule has 3 saturated heterocycles. The lowest BCUT2D eigenvalue weighted by Crippen LogP contribution is -2.54. The van der Waals surface area contributed by atoms with E-state index in [2.05, 4.69) is 72.1 Å². The van der Waals surface area contributed by atoms with E-state index in [0.29, 0.717) is 25.0 Å². The Morgan fingerprint density at radius 3 is 2.37 bits per heavy atom. The molecule has 1 N–H and O–H groups in total. The van der Waals surface area contributed by atoms with Crippen LogP contribution in [0.3, 0.4) is 0 Å². The maximum atomic E-state index is 12.5. The van der Waals surface area contributed by atoms with Crippen LogP contribution in [0.15, 0.2) is 48.7 Å². The van der Waals surface area contributed by atoms with Crippen molar-refractivity contribution in [2.75, 3.05) is 66.5 Å². The zero-order chi connectivity index (χ0) is 29.9. The molecule has 1 aromatic carbocycles. The SMILES string of the molecule is C[C@H]1COC(=O)N1c1cccc(N2c3nc(Nc4ccc(N5CCN(C)CC5)cc4)ncc3[C@@]3(C)COC(C)(C)C[C@@H]23)n1. The van der Waals surface area contributed by atoms with Gasteiger partial charge in [0.1, 0.15) is 24.1 Å². The van der Waals surface area contributed by atoms with E-state index >= 15 is 0 Å². The lowest BCUT2D eigenvalue weighted by Gasteiger charge is -2.46. The summed E-state index contributed by atoms with van der Waals surface area (Å²) >= 11 is 0. The van der Waals surface area contributed by atoms with Crippen LogP contribution in [-0.2, 0) is 14.9 Å². The largest absolute Gasteiger partial charge is 0.447 e. The molecule has 0 bridgehead atoms. The van der Waals surface area contributed by atoms with Crippen LogP contribution in [0, 0.1) is 0 Å². The number of amides is 1. The number of pyridine rings is 1. The number of hydrogen-bond donors (Lipinski definition) is 1. The Labute approximate surface area is 252 Å². The number of carbonyl (C=O) groups is 1. The average Bonchev–Trinajstić information content (AvgIpc) is 3.45. The number of benzene rings is 1. The molecule has 0 radical (unpaired) electrons. The number of rotatable bonds is 5. The Bertz CT molecular complexity index is 1520. The highest BCUT2D eigenvalue weighted by Crippen LogP contribution is 2.53. The first-order valence-electron chi connectivity index (χ1n) is 15.2. The molecule has 43 heavy (non-hydrogen) atoms. The number of piperazine rings is 1. The Kier molecular flexibility index (Phi) is 6.70. The second-order valence-electron chi connectivity index (χ2n) is 13.1. The fourth-order valence-electron chi connectivity index (χ4n) is 6.73. The Morgan fingerprint density at radius 1 is 0.953 bits per heavy atom. The number of anilines is 6. The van der Waals surface area contributed by atoms with Crippen LogP contribution < -0.4 is 20.0 Å². The van der Waals surface area contributed by atoms with Crippen LogP contribution >= 0.6 is 0 Å². The molecule has 6 heterocycles. The van der Waals surface area contributed by atoms with Crippen LogP contribution in [-0.4, -0.2) is 90.1 Å². The third-order valence-electron chi connectivity index (χ3n) is 9.40. The van der Waals surface area contributed by atoms with Crippen molar-refractivity contribution in [2.24, 2.45) is 0 Å². The highest BCUT2D eigenvalue weighted by molar-refractivity contribution is 5.89. The van der Waals surface area contributed by atoms with Gasteiger partial charge in [-0.1, -0.05) is 13.0 Å². The molecule has 0 saturated carbocycles. The number of carbonyl (C=O) groups excluding carboxylic acids is 1. The van der Waals surface area contributed by atoms with Crippen LogP contribution in [0.1, 0.15) is 39.7 Å². The summed E-state index contributed by atoms with van der Waals surface area (Å²) in [5.41, 5.74) is 2.55. The Hall–Kier alpha value is -3.96. The minimum Gasteiger partial charge on any atom is -0.447 e. The average molecular weight is 585 g/mol. The van der Waals surface area contributed by atoms with Gasteiger partial charge in [-0.3, -0.25) is 4.90 Å². The summed E-state index contributed by atoms with van der Waals surface area (Å²) in [4.78, 5) is 36.0. The smallest absolute Gasteiger partial charge is 0.415 e. The van der Waals surface area contributed by atoms with Crippen molar-refractivity contribution < 1.29 is 14.3 Å². The summed E-state index contributed by atoms with van der Waals surface area (Å²) < 4.78 is 11.6. The first kappa shape index (κ1) is 27.8. The molecule has 0 spiro atoms. The van der Waals surface area contributed by atoms with Crippen molar-refractivity contribution in [2.45, 2.75) is 57.2 Å². The number of aromatic nitrogens is 3. The van der Waals surface area contributed by atoms with E-state index < -0.39 is 0 Å². The number of nitrogens with zero attached hydrogens (tertiary/aromatic N) is 7.